The van der Waals surface area contributed by atoms with Crippen molar-refractivity contribution in [3.8, 4) is 0 Å². The summed E-state index contributed by atoms with van der Waals surface area (Å²) >= 11 is 0. The van der Waals surface area contributed by atoms with Gasteiger partial charge in [-0.2, -0.15) is 0 Å². The molecule has 1 N–H and O–H groups in total. The average molecular weight is 138 g/mol. The van der Waals surface area contributed by atoms with Crippen LogP contribution >= 0.6 is 0 Å². The Labute approximate surface area is 54.8 Å². The zero-order valence-electron chi connectivity index (χ0n) is 4.45. The molecule has 0 saturated heterocycles. The van der Waals surface area contributed by atoms with Crippen molar-refractivity contribution in [3.05, 3.63) is 0 Å². The van der Waals surface area contributed by atoms with Gasteiger partial charge in [0.2, 0.25) is 0 Å². The van der Waals surface area contributed by atoms with E-state index in [1.165, 1.54) is 0 Å². The molecule has 3 heteroatoms. The van der Waals surface area contributed by atoms with Crippen LogP contribution in [0, 0.1) is 0 Å². The molecule has 0 aliphatic carbocycles. The molecule has 0 aromatic carbocycles. The van der Waals surface area contributed by atoms with Gasteiger partial charge in [-0.1, -0.05) is 0 Å². The van der Waals surface area contributed by atoms with Gasteiger partial charge in [-0.25, -0.2) is 0 Å². The van der Waals surface area contributed by atoms with E-state index in [2.05, 4.69) is 0 Å². The zero-order chi connectivity index (χ0) is 4.50. The zero-order valence-corrected chi connectivity index (χ0v) is 7.01. The van der Waals surface area contributed by atoms with Gasteiger partial charge in [0.25, 0.3) is 0 Å². The minimum Gasteiger partial charge on any atom is -0.433 e. The third-order valence-electron chi connectivity index (χ3n) is 0. The topological polar surface area (TPSA) is 20.2 Å². The SMILES string of the molecule is C[Si](C)(C)O.[Ti]. The second kappa shape index (κ2) is 2.97. The molecule has 0 aromatic rings. The first kappa shape index (κ1) is 10.00. The Balaban J connectivity index is 0. The molecule has 0 aliphatic rings. The Morgan fingerprint density at radius 1 is 1.17 bits per heavy atom. The van der Waals surface area contributed by atoms with Crippen molar-refractivity contribution in [1.82, 2.24) is 0 Å². The average Bonchev–Trinajstić information content (AvgIpc) is 0.722. The van der Waals surface area contributed by atoms with Crippen LogP contribution in [0.1, 0.15) is 0 Å². The summed E-state index contributed by atoms with van der Waals surface area (Å²) in [6, 6.07) is 0. The van der Waals surface area contributed by atoms with Crippen molar-refractivity contribution in [3.63, 3.8) is 0 Å². The molecular weight excluding hydrogens is 128 g/mol. The number of hydrogen-bond acceptors (Lipinski definition) is 1. The van der Waals surface area contributed by atoms with Gasteiger partial charge in [0.15, 0.2) is 8.32 Å². The maximum absolute atomic E-state index is 8.66. The van der Waals surface area contributed by atoms with E-state index in [0.29, 0.717) is 0 Å². The first-order valence-corrected chi connectivity index (χ1v) is 5.17. The first-order valence-electron chi connectivity index (χ1n) is 1.72. The van der Waals surface area contributed by atoms with Gasteiger partial charge in [-0.05, 0) is 19.6 Å². The van der Waals surface area contributed by atoms with Gasteiger partial charge < -0.3 is 4.80 Å². The van der Waals surface area contributed by atoms with Crippen LogP contribution in [0.25, 0.3) is 0 Å². The van der Waals surface area contributed by atoms with Crippen molar-refractivity contribution < 1.29 is 26.5 Å². The Hall–Kier alpha value is 0.891. The third kappa shape index (κ3) is 93.3. The van der Waals surface area contributed by atoms with Gasteiger partial charge in [0.05, 0.1) is 0 Å². The van der Waals surface area contributed by atoms with Gasteiger partial charge >= 0.3 is 0 Å². The van der Waals surface area contributed by atoms with Gasteiger partial charge in [0.1, 0.15) is 0 Å². The van der Waals surface area contributed by atoms with E-state index < -0.39 is 8.32 Å². The summed E-state index contributed by atoms with van der Waals surface area (Å²) in [6.07, 6.45) is 0. The van der Waals surface area contributed by atoms with Crippen LogP contribution < -0.4 is 0 Å². The molecule has 0 atom stereocenters. The second-order valence-electron chi connectivity index (χ2n) is 2.17. The van der Waals surface area contributed by atoms with Crippen LogP contribution in [0.2, 0.25) is 19.6 Å². The predicted octanol–water partition coefficient (Wildman–Crippen LogP) is 0.811. The molecule has 0 unspecified atom stereocenters. The molecule has 0 heterocycles. The second-order valence-corrected chi connectivity index (χ2v) is 6.51. The van der Waals surface area contributed by atoms with Crippen LogP contribution in [0.5, 0.6) is 0 Å². The van der Waals surface area contributed by atoms with Crippen molar-refractivity contribution in [1.29, 1.82) is 0 Å². The molecule has 0 rings (SSSR count). The van der Waals surface area contributed by atoms with E-state index in [9.17, 15) is 0 Å². The quantitative estimate of drug-likeness (QED) is 0.491. The molecule has 0 amide bonds. The Bertz CT molecular complexity index is 26.3. The van der Waals surface area contributed by atoms with Crippen molar-refractivity contribution in [2.45, 2.75) is 19.6 Å². The Morgan fingerprint density at radius 2 is 1.17 bits per heavy atom. The van der Waals surface area contributed by atoms with E-state index in [4.69, 9.17) is 4.80 Å². The van der Waals surface area contributed by atoms with Crippen LogP contribution in [0.3, 0.4) is 0 Å². The van der Waals surface area contributed by atoms with Crippen molar-refractivity contribution >= 4 is 8.32 Å². The molecule has 0 radical (unpaired) electrons. The molecule has 0 spiro atoms. The standard InChI is InChI=1S/C3H10OSi.Ti/c1-5(2,3)4;/h4H,1-3H3;. The Morgan fingerprint density at radius 3 is 1.17 bits per heavy atom. The summed E-state index contributed by atoms with van der Waals surface area (Å²) in [5.74, 6) is 0. The molecule has 6 heavy (non-hydrogen) atoms. The summed E-state index contributed by atoms with van der Waals surface area (Å²) in [7, 11) is -1.61. The molecule has 36 valence electrons. The summed E-state index contributed by atoms with van der Waals surface area (Å²) in [6.45, 7) is 5.65. The van der Waals surface area contributed by atoms with Crippen LogP contribution in [0.4, 0.5) is 0 Å². The molecule has 1 nitrogen and oxygen atoms in total. The van der Waals surface area contributed by atoms with Gasteiger partial charge in [0, 0.05) is 21.7 Å². The monoisotopic (exact) mass is 138 g/mol. The van der Waals surface area contributed by atoms with E-state index in [1.54, 1.807) is 0 Å². The predicted molar refractivity (Wildman–Crippen MR) is 25.6 cm³/mol. The Kier molecular flexibility index (Phi) is 4.94. The maximum Gasteiger partial charge on any atom is 0.179 e. The fourth-order valence-electron chi connectivity index (χ4n) is 0. The molecular formula is C3H10OSiTi. The fourth-order valence-corrected chi connectivity index (χ4v) is 0. The van der Waals surface area contributed by atoms with Crippen molar-refractivity contribution in [2.75, 3.05) is 0 Å². The molecule has 0 aromatic heterocycles. The minimum absolute atomic E-state index is 0. The molecule has 0 saturated carbocycles. The molecule has 0 aliphatic heterocycles. The summed E-state index contributed by atoms with van der Waals surface area (Å²) < 4.78 is 0. The summed E-state index contributed by atoms with van der Waals surface area (Å²) in [5, 5.41) is 0. The van der Waals surface area contributed by atoms with E-state index in [0.717, 1.165) is 0 Å². The molecule has 0 fully saturated rings. The van der Waals surface area contributed by atoms with E-state index >= 15 is 0 Å². The van der Waals surface area contributed by atoms with Crippen LogP contribution in [-0.2, 0) is 21.7 Å². The maximum atomic E-state index is 8.66. The number of hydrogen-bond donors (Lipinski definition) is 1. The number of rotatable bonds is 0. The largest absolute Gasteiger partial charge is 0.433 e. The fraction of sp³-hybridized carbons (Fsp3) is 1.00. The molecule has 0 bridgehead atoms. The smallest absolute Gasteiger partial charge is 0.179 e. The van der Waals surface area contributed by atoms with Gasteiger partial charge in [-0.15, -0.1) is 0 Å². The minimum atomic E-state index is -1.61. The van der Waals surface area contributed by atoms with Crippen LogP contribution in [-0.4, -0.2) is 13.1 Å². The van der Waals surface area contributed by atoms with Crippen molar-refractivity contribution in [2.24, 2.45) is 0 Å². The summed E-state index contributed by atoms with van der Waals surface area (Å²) in [4.78, 5) is 8.66. The normalized spacial score (nSPS) is 10.0. The van der Waals surface area contributed by atoms with E-state index in [1.807, 2.05) is 19.6 Å². The first-order chi connectivity index (χ1) is 2.00. The van der Waals surface area contributed by atoms with Crippen LogP contribution in [0.15, 0.2) is 0 Å². The third-order valence-corrected chi connectivity index (χ3v) is 0. The van der Waals surface area contributed by atoms with E-state index in [-0.39, 0.29) is 21.7 Å². The summed E-state index contributed by atoms with van der Waals surface area (Å²) in [5.41, 5.74) is 0. The van der Waals surface area contributed by atoms with Gasteiger partial charge in [-0.3, -0.25) is 0 Å².